The summed E-state index contributed by atoms with van der Waals surface area (Å²) in [5.41, 5.74) is -5.48. The van der Waals surface area contributed by atoms with E-state index in [1.165, 1.54) is 0 Å². The third kappa shape index (κ3) is 6.20. The van der Waals surface area contributed by atoms with Crippen LogP contribution >= 0.6 is 0 Å². The van der Waals surface area contributed by atoms with Crippen molar-refractivity contribution >= 4 is 0 Å². The molecule has 40 heavy (non-hydrogen) atoms. The molecule has 3 aromatic rings. The Kier molecular flexibility index (Phi) is 8.36. The van der Waals surface area contributed by atoms with Crippen molar-refractivity contribution < 1.29 is 58.1 Å². The second-order valence-electron chi connectivity index (χ2n) is 9.09. The second kappa shape index (κ2) is 11.3. The fraction of sp³-hybridized carbons (Fsp3) is 0.333. The van der Waals surface area contributed by atoms with Gasteiger partial charge in [-0.25, -0.2) is 22.0 Å². The Hall–Kier alpha value is -3.32. The fourth-order valence-corrected chi connectivity index (χ4v) is 4.31. The van der Waals surface area contributed by atoms with E-state index in [0.29, 0.717) is 30.3 Å². The Balaban J connectivity index is 1.55. The zero-order chi connectivity index (χ0) is 29.4. The summed E-state index contributed by atoms with van der Waals surface area (Å²) in [6.45, 7) is 2.45. The Morgan fingerprint density at radius 2 is 1.30 bits per heavy atom. The van der Waals surface area contributed by atoms with Gasteiger partial charge >= 0.3 is 12.3 Å². The minimum Gasteiger partial charge on any atom is -0.429 e. The largest absolute Gasteiger partial charge is 0.432 e. The molecule has 3 nitrogen and oxygen atoms in total. The van der Waals surface area contributed by atoms with E-state index in [1.807, 2.05) is 6.92 Å². The summed E-state index contributed by atoms with van der Waals surface area (Å²) in [5.74, 6) is -9.72. The molecule has 0 amide bonds. The average molecular weight is 582 g/mol. The highest BCUT2D eigenvalue weighted by atomic mass is 19.4. The van der Waals surface area contributed by atoms with Gasteiger partial charge in [0.15, 0.2) is 6.29 Å². The molecule has 0 radical (unpaired) electrons. The van der Waals surface area contributed by atoms with E-state index in [1.54, 1.807) is 0 Å². The summed E-state index contributed by atoms with van der Waals surface area (Å²) in [7, 11) is 0. The molecular weight excluding hydrogens is 562 g/mol. The summed E-state index contributed by atoms with van der Waals surface area (Å²) in [6, 6.07) is 3.32. The molecule has 0 N–H and O–H groups in total. The molecule has 1 fully saturated rings. The van der Waals surface area contributed by atoms with E-state index in [9.17, 15) is 43.9 Å². The topological polar surface area (TPSA) is 27.7 Å². The summed E-state index contributed by atoms with van der Waals surface area (Å²) < 4.78 is 155. The van der Waals surface area contributed by atoms with Crippen LogP contribution in [-0.2, 0) is 21.8 Å². The van der Waals surface area contributed by atoms with Crippen LogP contribution in [0, 0.1) is 35.0 Å². The van der Waals surface area contributed by atoms with Crippen molar-refractivity contribution in [3.05, 3.63) is 88.2 Å². The Morgan fingerprint density at radius 1 is 0.750 bits per heavy atom. The molecule has 0 aromatic heterocycles. The highest BCUT2D eigenvalue weighted by molar-refractivity contribution is 5.66. The molecule has 1 aliphatic heterocycles. The minimum absolute atomic E-state index is 0.0806. The highest BCUT2D eigenvalue weighted by Gasteiger charge is 2.42. The van der Waals surface area contributed by atoms with Gasteiger partial charge in [-0.15, -0.1) is 0 Å². The third-order valence-electron chi connectivity index (χ3n) is 6.11. The number of hydrogen-bond acceptors (Lipinski definition) is 3. The lowest BCUT2D eigenvalue weighted by atomic mass is 10.0. The van der Waals surface area contributed by atoms with Gasteiger partial charge in [-0.2, -0.15) is 22.0 Å². The van der Waals surface area contributed by atoms with Crippen molar-refractivity contribution in [1.29, 1.82) is 0 Å². The summed E-state index contributed by atoms with van der Waals surface area (Å²) in [4.78, 5) is 0. The predicted octanol–water partition coefficient (Wildman–Crippen LogP) is 8.66. The van der Waals surface area contributed by atoms with Gasteiger partial charge in [-0.05, 0) is 48.4 Å². The van der Waals surface area contributed by atoms with Crippen LogP contribution in [0.3, 0.4) is 0 Å². The molecule has 0 unspecified atom stereocenters. The zero-order valence-corrected chi connectivity index (χ0v) is 20.5. The maximum atomic E-state index is 14.8. The third-order valence-corrected chi connectivity index (χ3v) is 6.11. The van der Waals surface area contributed by atoms with Crippen LogP contribution in [0.5, 0.6) is 5.75 Å². The lowest BCUT2D eigenvalue weighted by Gasteiger charge is -2.30. The van der Waals surface area contributed by atoms with Gasteiger partial charge in [0.2, 0.25) is 0 Å². The molecular formula is C27H20F10O3. The number of rotatable bonds is 7. The smallest absolute Gasteiger partial charge is 0.429 e. The van der Waals surface area contributed by atoms with Crippen molar-refractivity contribution in [2.75, 3.05) is 13.2 Å². The van der Waals surface area contributed by atoms with Gasteiger partial charge in [0, 0.05) is 23.1 Å². The maximum absolute atomic E-state index is 14.8. The van der Waals surface area contributed by atoms with Crippen molar-refractivity contribution in [3.63, 3.8) is 0 Å². The van der Waals surface area contributed by atoms with Crippen LogP contribution in [0.15, 0.2) is 42.5 Å². The van der Waals surface area contributed by atoms with Gasteiger partial charge in [0.05, 0.1) is 13.2 Å². The normalized spacial score (nSPS) is 18.2. The molecule has 0 aliphatic carbocycles. The molecule has 1 saturated heterocycles. The minimum atomic E-state index is -5.36. The lowest BCUT2D eigenvalue weighted by molar-refractivity contribution is -0.206. The predicted molar refractivity (Wildman–Crippen MR) is 121 cm³/mol. The molecule has 0 bridgehead atoms. The zero-order valence-electron chi connectivity index (χ0n) is 20.5. The average Bonchev–Trinajstić information content (AvgIpc) is 2.82. The molecule has 1 heterocycles. The molecule has 0 saturated carbocycles. The van der Waals surface area contributed by atoms with Crippen LogP contribution in [-0.4, -0.2) is 13.2 Å². The Labute approximate surface area is 221 Å². The van der Waals surface area contributed by atoms with Crippen molar-refractivity contribution in [3.8, 4) is 16.9 Å². The summed E-state index contributed by atoms with van der Waals surface area (Å²) in [5, 5.41) is 0. The van der Waals surface area contributed by atoms with Crippen molar-refractivity contribution in [1.82, 2.24) is 0 Å². The molecule has 216 valence electrons. The van der Waals surface area contributed by atoms with Crippen LogP contribution < -0.4 is 4.74 Å². The maximum Gasteiger partial charge on any atom is 0.432 e. The van der Waals surface area contributed by atoms with E-state index >= 15 is 0 Å². The fourth-order valence-electron chi connectivity index (χ4n) is 4.31. The summed E-state index contributed by atoms with van der Waals surface area (Å²) in [6.07, 6.45) is -9.52. The molecule has 3 aromatic carbocycles. The first-order valence-electron chi connectivity index (χ1n) is 11.9. The van der Waals surface area contributed by atoms with Gasteiger partial charge in [0.25, 0.3) is 0 Å². The lowest BCUT2D eigenvalue weighted by Crippen LogP contribution is -2.28. The quantitative estimate of drug-likeness (QED) is 0.261. The number of benzene rings is 3. The van der Waals surface area contributed by atoms with E-state index in [2.05, 4.69) is 4.74 Å². The Morgan fingerprint density at radius 3 is 1.80 bits per heavy atom. The summed E-state index contributed by atoms with van der Waals surface area (Å²) >= 11 is 0. The van der Waals surface area contributed by atoms with Gasteiger partial charge in [0.1, 0.15) is 46.0 Å². The number of hydrogen-bond donors (Lipinski definition) is 0. The van der Waals surface area contributed by atoms with Crippen molar-refractivity contribution in [2.24, 2.45) is 5.92 Å². The SMILES string of the molecule is CCCC1COC(c2cc(F)c(C(F)(F)Oc3ccc(-c4cc(F)c(C(F)(F)F)c(F)c4)c(F)c3)c(F)c2)OC1. The second-order valence-corrected chi connectivity index (χ2v) is 9.09. The van der Waals surface area contributed by atoms with Gasteiger partial charge in [-0.3, -0.25) is 0 Å². The Bertz CT molecular complexity index is 1340. The van der Waals surface area contributed by atoms with E-state index in [4.69, 9.17) is 9.47 Å². The van der Waals surface area contributed by atoms with Gasteiger partial charge in [-0.1, -0.05) is 13.3 Å². The first-order chi connectivity index (χ1) is 18.7. The van der Waals surface area contributed by atoms with Crippen LogP contribution in [0.4, 0.5) is 43.9 Å². The van der Waals surface area contributed by atoms with Crippen LogP contribution in [0.25, 0.3) is 11.1 Å². The number of alkyl halides is 5. The highest BCUT2D eigenvalue weighted by Crippen LogP contribution is 2.40. The van der Waals surface area contributed by atoms with Gasteiger partial charge < -0.3 is 14.2 Å². The molecule has 1 aliphatic rings. The van der Waals surface area contributed by atoms with E-state index < -0.39 is 75.7 Å². The first-order valence-corrected chi connectivity index (χ1v) is 11.9. The number of ether oxygens (including phenoxy) is 3. The monoisotopic (exact) mass is 582 g/mol. The number of halogens is 10. The standard InChI is InChI=1S/C27H20F10O3/c1-2-3-13-11-38-25(39-12-13)15-8-21(31)24(22(32)9-15)27(36,37)40-16-4-5-17(18(28)10-16)14-6-19(29)23(20(30)7-14)26(33,34)35/h4-10,13,25H,2-3,11-12H2,1H3. The van der Waals surface area contributed by atoms with Crippen LogP contribution in [0.2, 0.25) is 0 Å². The van der Waals surface area contributed by atoms with Crippen molar-refractivity contribution in [2.45, 2.75) is 38.3 Å². The van der Waals surface area contributed by atoms with E-state index in [0.717, 1.165) is 12.8 Å². The first kappa shape index (κ1) is 29.7. The molecule has 0 spiro atoms. The molecule has 0 atom stereocenters. The van der Waals surface area contributed by atoms with E-state index in [-0.39, 0.29) is 36.8 Å². The molecule has 4 rings (SSSR count). The molecule has 13 heteroatoms. The van der Waals surface area contributed by atoms with Crippen LogP contribution in [0.1, 0.15) is 42.7 Å².